The summed E-state index contributed by atoms with van der Waals surface area (Å²) in [6, 6.07) is 5.16. The molecule has 0 aliphatic carbocycles. The number of amides is 1. The Hall–Kier alpha value is -1.56. The molecule has 2 unspecified atom stereocenters. The Morgan fingerprint density at radius 1 is 1.23 bits per heavy atom. The SMILES string of the molecule is Cc1ccc(C(=O)N2CC(C)CC(C)C2)cc1NS(C)(=O)=O. The van der Waals surface area contributed by atoms with Crippen molar-refractivity contribution in [2.75, 3.05) is 24.1 Å². The van der Waals surface area contributed by atoms with E-state index in [0.29, 0.717) is 23.1 Å². The molecule has 1 amide bonds. The number of hydrogen-bond acceptors (Lipinski definition) is 3. The third-order valence-corrected chi connectivity index (χ3v) is 4.53. The quantitative estimate of drug-likeness (QED) is 0.929. The zero-order valence-electron chi connectivity index (χ0n) is 13.6. The largest absolute Gasteiger partial charge is 0.338 e. The molecule has 1 fully saturated rings. The molecule has 122 valence electrons. The number of carbonyl (C=O) groups excluding carboxylic acids is 1. The Kier molecular flexibility index (Phi) is 4.80. The summed E-state index contributed by atoms with van der Waals surface area (Å²) < 4.78 is 25.3. The third-order valence-electron chi connectivity index (χ3n) is 3.94. The molecule has 2 rings (SSSR count). The molecule has 0 spiro atoms. The molecule has 2 atom stereocenters. The summed E-state index contributed by atoms with van der Waals surface area (Å²) in [6.07, 6.45) is 2.24. The van der Waals surface area contributed by atoms with E-state index in [1.165, 1.54) is 0 Å². The molecule has 0 saturated carbocycles. The Balaban J connectivity index is 2.25. The lowest BCUT2D eigenvalue weighted by Gasteiger charge is -2.35. The number of nitrogens with zero attached hydrogens (tertiary/aromatic N) is 1. The maximum absolute atomic E-state index is 12.7. The summed E-state index contributed by atoms with van der Waals surface area (Å²) in [6.45, 7) is 7.63. The van der Waals surface area contributed by atoms with Crippen LogP contribution in [0.1, 0.15) is 36.2 Å². The van der Waals surface area contributed by atoms with Crippen molar-refractivity contribution in [1.82, 2.24) is 4.90 Å². The Morgan fingerprint density at radius 2 is 1.82 bits per heavy atom. The fourth-order valence-corrected chi connectivity index (χ4v) is 3.70. The zero-order valence-corrected chi connectivity index (χ0v) is 14.4. The van der Waals surface area contributed by atoms with Gasteiger partial charge in [-0.1, -0.05) is 19.9 Å². The molecule has 1 aliphatic rings. The second-order valence-electron chi connectivity index (χ2n) is 6.56. The van der Waals surface area contributed by atoms with Crippen molar-refractivity contribution < 1.29 is 13.2 Å². The molecular formula is C16H24N2O3S. The molecule has 1 saturated heterocycles. The minimum Gasteiger partial charge on any atom is -0.338 e. The number of likely N-dealkylation sites (tertiary alicyclic amines) is 1. The summed E-state index contributed by atoms with van der Waals surface area (Å²) in [5.41, 5.74) is 1.78. The van der Waals surface area contributed by atoms with Gasteiger partial charge >= 0.3 is 0 Å². The van der Waals surface area contributed by atoms with E-state index >= 15 is 0 Å². The molecule has 6 heteroatoms. The summed E-state index contributed by atoms with van der Waals surface area (Å²) in [5, 5.41) is 0. The van der Waals surface area contributed by atoms with Gasteiger partial charge in [-0.05, 0) is 42.9 Å². The first-order valence-electron chi connectivity index (χ1n) is 7.53. The number of nitrogens with one attached hydrogen (secondary N) is 1. The highest BCUT2D eigenvalue weighted by Crippen LogP contribution is 2.24. The summed E-state index contributed by atoms with van der Waals surface area (Å²) in [4.78, 5) is 14.5. The average Bonchev–Trinajstić information content (AvgIpc) is 2.38. The van der Waals surface area contributed by atoms with E-state index in [-0.39, 0.29) is 5.91 Å². The number of hydrogen-bond donors (Lipinski definition) is 1. The molecule has 0 bridgehead atoms. The van der Waals surface area contributed by atoms with Gasteiger partial charge in [0, 0.05) is 18.7 Å². The summed E-state index contributed by atoms with van der Waals surface area (Å²) >= 11 is 0. The van der Waals surface area contributed by atoms with Crippen molar-refractivity contribution in [3.63, 3.8) is 0 Å². The van der Waals surface area contributed by atoms with Crippen molar-refractivity contribution in [3.8, 4) is 0 Å². The van der Waals surface area contributed by atoms with E-state index < -0.39 is 10.0 Å². The van der Waals surface area contributed by atoms with Gasteiger partial charge < -0.3 is 4.90 Å². The van der Waals surface area contributed by atoms with Crippen LogP contribution in [0.15, 0.2) is 18.2 Å². The first kappa shape index (κ1) is 16.8. The highest BCUT2D eigenvalue weighted by atomic mass is 32.2. The zero-order chi connectivity index (χ0) is 16.5. The van der Waals surface area contributed by atoms with Crippen LogP contribution in [0.25, 0.3) is 0 Å². The van der Waals surface area contributed by atoms with E-state index in [0.717, 1.165) is 31.3 Å². The van der Waals surface area contributed by atoms with Gasteiger partial charge in [-0.3, -0.25) is 9.52 Å². The smallest absolute Gasteiger partial charge is 0.253 e. The highest BCUT2D eigenvalue weighted by molar-refractivity contribution is 7.92. The van der Waals surface area contributed by atoms with E-state index in [2.05, 4.69) is 18.6 Å². The van der Waals surface area contributed by atoms with Gasteiger partial charge in [0.05, 0.1) is 11.9 Å². The Bertz CT molecular complexity index is 660. The van der Waals surface area contributed by atoms with Crippen LogP contribution in [0.5, 0.6) is 0 Å². The van der Waals surface area contributed by atoms with E-state index in [9.17, 15) is 13.2 Å². The molecule has 1 aromatic rings. The number of benzene rings is 1. The number of anilines is 1. The lowest BCUT2D eigenvalue weighted by molar-refractivity contribution is 0.0623. The first-order chi connectivity index (χ1) is 10.2. The van der Waals surface area contributed by atoms with Gasteiger partial charge in [0.1, 0.15) is 0 Å². The minimum atomic E-state index is -3.36. The fraction of sp³-hybridized carbons (Fsp3) is 0.562. The lowest BCUT2D eigenvalue weighted by Crippen LogP contribution is -2.42. The van der Waals surface area contributed by atoms with Gasteiger partial charge in [0.15, 0.2) is 0 Å². The van der Waals surface area contributed by atoms with Gasteiger partial charge in [-0.15, -0.1) is 0 Å². The van der Waals surface area contributed by atoms with Gasteiger partial charge in [-0.2, -0.15) is 0 Å². The van der Waals surface area contributed by atoms with Crippen LogP contribution in [0.2, 0.25) is 0 Å². The van der Waals surface area contributed by atoms with E-state index in [1.807, 2.05) is 11.8 Å². The number of piperidine rings is 1. The molecule has 1 heterocycles. The van der Waals surface area contributed by atoms with Crippen LogP contribution in [-0.2, 0) is 10.0 Å². The average molecular weight is 324 g/mol. The lowest BCUT2D eigenvalue weighted by atomic mass is 9.91. The van der Waals surface area contributed by atoms with Crippen molar-refractivity contribution in [3.05, 3.63) is 29.3 Å². The number of sulfonamides is 1. The summed E-state index contributed by atoms with van der Waals surface area (Å²) in [7, 11) is -3.36. The molecule has 0 radical (unpaired) electrons. The van der Waals surface area contributed by atoms with Gasteiger partial charge in [-0.25, -0.2) is 8.42 Å². The molecule has 0 aromatic heterocycles. The molecule has 1 aliphatic heterocycles. The minimum absolute atomic E-state index is 0.0325. The maximum Gasteiger partial charge on any atom is 0.253 e. The second kappa shape index (κ2) is 6.28. The van der Waals surface area contributed by atoms with Crippen molar-refractivity contribution in [1.29, 1.82) is 0 Å². The molecule has 1 aromatic carbocycles. The molecule has 22 heavy (non-hydrogen) atoms. The van der Waals surface area contributed by atoms with Crippen molar-refractivity contribution in [2.45, 2.75) is 27.2 Å². The fourth-order valence-electron chi connectivity index (χ4n) is 3.08. The number of aryl methyl sites for hydroxylation is 1. The first-order valence-corrected chi connectivity index (χ1v) is 9.42. The third kappa shape index (κ3) is 4.22. The summed E-state index contributed by atoms with van der Waals surface area (Å²) in [5.74, 6) is 0.952. The Morgan fingerprint density at radius 3 is 2.36 bits per heavy atom. The van der Waals surface area contributed by atoms with Crippen LogP contribution in [0, 0.1) is 18.8 Å². The van der Waals surface area contributed by atoms with Gasteiger partial charge in [0.25, 0.3) is 5.91 Å². The van der Waals surface area contributed by atoms with Crippen LogP contribution >= 0.6 is 0 Å². The predicted octanol–water partition coefficient (Wildman–Crippen LogP) is 2.48. The highest BCUT2D eigenvalue weighted by Gasteiger charge is 2.26. The van der Waals surface area contributed by atoms with Crippen LogP contribution in [-0.4, -0.2) is 38.6 Å². The molecular weight excluding hydrogens is 300 g/mol. The number of rotatable bonds is 3. The monoisotopic (exact) mass is 324 g/mol. The molecule has 5 nitrogen and oxygen atoms in total. The van der Waals surface area contributed by atoms with Crippen molar-refractivity contribution >= 4 is 21.6 Å². The standard InChI is InChI=1S/C16H24N2O3S/c1-11-7-12(2)10-18(9-11)16(19)14-6-5-13(3)15(8-14)17-22(4,20)21/h5-6,8,11-12,17H,7,9-10H2,1-4H3. The van der Waals surface area contributed by atoms with Crippen LogP contribution in [0.4, 0.5) is 5.69 Å². The Labute approximate surface area is 132 Å². The normalized spacial score (nSPS) is 22.5. The predicted molar refractivity (Wildman–Crippen MR) is 88.5 cm³/mol. The van der Waals surface area contributed by atoms with Crippen LogP contribution < -0.4 is 4.72 Å². The second-order valence-corrected chi connectivity index (χ2v) is 8.31. The maximum atomic E-state index is 12.7. The van der Waals surface area contributed by atoms with E-state index in [4.69, 9.17) is 0 Å². The van der Waals surface area contributed by atoms with E-state index in [1.54, 1.807) is 18.2 Å². The van der Waals surface area contributed by atoms with Gasteiger partial charge in [0.2, 0.25) is 10.0 Å². The number of carbonyl (C=O) groups is 1. The van der Waals surface area contributed by atoms with Crippen molar-refractivity contribution in [2.24, 2.45) is 11.8 Å². The van der Waals surface area contributed by atoms with Crippen LogP contribution in [0.3, 0.4) is 0 Å². The molecule has 1 N–H and O–H groups in total. The topological polar surface area (TPSA) is 66.5 Å².